The summed E-state index contributed by atoms with van der Waals surface area (Å²) < 4.78 is 27.7. The number of carbonyl (C=O) groups is 1. The van der Waals surface area contributed by atoms with Gasteiger partial charge >= 0.3 is 0 Å². The molecule has 1 aliphatic rings. The number of rotatable bonds is 3. The van der Waals surface area contributed by atoms with Gasteiger partial charge in [-0.15, -0.1) is 0 Å². The first kappa shape index (κ1) is 16.8. The van der Waals surface area contributed by atoms with Gasteiger partial charge in [-0.25, -0.2) is 8.42 Å². The van der Waals surface area contributed by atoms with E-state index in [2.05, 4.69) is 4.72 Å². The molecule has 0 atom stereocenters. The molecule has 0 saturated carbocycles. The number of halogens is 1. The molecule has 126 valence electrons. The fourth-order valence-electron chi connectivity index (χ4n) is 2.74. The largest absolute Gasteiger partial charge is 0.312 e. The molecular formula is C17H17ClN2O3S. The topological polar surface area (TPSA) is 66.5 Å². The van der Waals surface area contributed by atoms with Gasteiger partial charge in [-0.05, 0) is 54.8 Å². The van der Waals surface area contributed by atoms with E-state index in [1.807, 2.05) is 6.92 Å². The summed E-state index contributed by atoms with van der Waals surface area (Å²) in [7, 11) is -3.71. The van der Waals surface area contributed by atoms with Gasteiger partial charge in [0.25, 0.3) is 10.0 Å². The molecule has 0 saturated heterocycles. The SMILES string of the molecule is CC(=O)N1CCc2cc(S(=O)(=O)Nc3ccc(C)c(Cl)c3)ccc21. The molecule has 5 nitrogen and oxygen atoms in total. The molecule has 24 heavy (non-hydrogen) atoms. The standard InChI is InChI=1S/C17H17ClN2O3S/c1-11-3-4-14(10-16(11)18)19-24(22,23)15-5-6-17-13(9-15)7-8-20(17)12(2)21/h3-6,9-10,19H,7-8H2,1-2H3. The summed E-state index contributed by atoms with van der Waals surface area (Å²) in [5.41, 5.74) is 2.92. The molecule has 0 radical (unpaired) electrons. The van der Waals surface area contributed by atoms with Gasteiger partial charge in [0.15, 0.2) is 0 Å². The van der Waals surface area contributed by atoms with Crippen LogP contribution < -0.4 is 9.62 Å². The minimum Gasteiger partial charge on any atom is -0.312 e. The zero-order chi connectivity index (χ0) is 17.5. The number of nitrogens with zero attached hydrogens (tertiary/aromatic N) is 1. The van der Waals surface area contributed by atoms with Crippen LogP contribution >= 0.6 is 11.6 Å². The van der Waals surface area contributed by atoms with Crippen LogP contribution in [0.25, 0.3) is 0 Å². The van der Waals surface area contributed by atoms with Gasteiger partial charge < -0.3 is 4.90 Å². The third-order valence-electron chi connectivity index (χ3n) is 4.06. The Morgan fingerprint density at radius 3 is 2.62 bits per heavy atom. The van der Waals surface area contributed by atoms with Crippen molar-refractivity contribution in [3.63, 3.8) is 0 Å². The lowest BCUT2D eigenvalue weighted by Crippen LogP contribution is -2.25. The number of anilines is 2. The summed E-state index contributed by atoms with van der Waals surface area (Å²) in [5.74, 6) is -0.0446. The van der Waals surface area contributed by atoms with Crippen LogP contribution in [0.2, 0.25) is 5.02 Å². The van der Waals surface area contributed by atoms with E-state index < -0.39 is 10.0 Å². The monoisotopic (exact) mass is 364 g/mol. The molecule has 1 heterocycles. The summed E-state index contributed by atoms with van der Waals surface area (Å²) in [6, 6.07) is 9.82. The van der Waals surface area contributed by atoms with E-state index in [9.17, 15) is 13.2 Å². The lowest BCUT2D eigenvalue weighted by atomic mass is 10.2. The second-order valence-corrected chi connectivity index (χ2v) is 7.87. The third-order valence-corrected chi connectivity index (χ3v) is 5.85. The highest BCUT2D eigenvalue weighted by atomic mass is 35.5. The molecule has 2 aromatic rings. The second kappa shape index (κ2) is 6.11. The minimum absolute atomic E-state index is 0.0446. The Morgan fingerprint density at radius 1 is 1.21 bits per heavy atom. The Kier molecular flexibility index (Phi) is 4.27. The highest BCUT2D eigenvalue weighted by Gasteiger charge is 2.24. The Labute approximate surface area is 146 Å². The normalized spacial score (nSPS) is 13.7. The Morgan fingerprint density at radius 2 is 1.96 bits per heavy atom. The molecule has 3 rings (SSSR count). The van der Waals surface area contributed by atoms with E-state index in [1.165, 1.54) is 13.0 Å². The molecule has 0 aromatic heterocycles. The zero-order valence-electron chi connectivity index (χ0n) is 13.3. The fraction of sp³-hybridized carbons (Fsp3) is 0.235. The lowest BCUT2D eigenvalue weighted by molar-refractivity contribution is -0.116. The van der Waals surface area contributed by atoms with Crippen LogP contribution in [0.1, 0.15) is 18.1 Å². The first-order valence-electron chi connectivity index (χ1n) is 7.48. The van der Waals surface area contributed by atoms with Crippen molar-refractivity contribution in [1.29, 1.82) is 0 Å². The van der Waals surface area contributed by atoms with Gasteiger partial charge in [-0.3, -0.25) is 9.52 Å². The van der Waals surface area contributed by atoms with E-state index in [0.29, 0.717) is 23.7 Å². The Bertz CT molecular complexity index is 925. The molecule has 7 heteroatoms. The molecule has 0 spiro atoms. The predicted molar refractivity (Wildman–Crippen MR) is 95.2 cm³/mol. The maximum absolute atomic E-state index is 12.6. The first-order valence-corrected chi connectivity index (χ1v) is 9.34. The van der Waals surface area contributed by atoms with Gasteiger partial charge in [0.05, 0.1) is 10.6 Å². The van der Waals surface area contributed by atoms with Crippen LogP contribution in [-0.4, -0.2) is 20.9 Å². The Balaban J connectivity index is 1.91. The smallest absolute Gasteiger partial charge is 0.261 e. The van der Waals surface area contributed by atoms with E-state index in [0.717, 1.165) is 16.8 Å². The van der Waals surface area contributed by atoms with Crippen LogP contribution in [0, 0.1) is 6.92 Å². The lowest BCUT2D eigenvalue weighted by Gasteiger charge is -2.15. The van der Waals surface area contributed by atoms with Crippen molar-refractivity contribution in [2.45, 2.75) is 25.2 Å². The van der Waals surface area contributed by atoms with Crippen molar-refractivity contribution in [3.05, 3.63) is 52.5 Å². The maximum atomic E-state index is 12.6. The average Bonchev–Trinajstić information content (AvgIpc) is 2.94. The number of amides is 1. The summed E-state index contributed by atoms with van der Waals surface area (Å²) in [5, 5.41) is 0.501. The van der Waals surface area contributed by atoms with Gasteiger partial charge in [0, 0.05) is 24.2 Å². The highest BCUT2D eigenvalue weighted by molar-refractivity contribution is 7.92. The summed E-state index contributed by atoms with van der Waals surface area (Å²) in [4.78, 5) is 13.4. The fourth-order valence-corrected chi connectivity index (χ4v) is 4.02. The number of hydrogen-bond donors (Lipinski definition) is 1. The average molecular weight is 365 g/mol. The highest BCUT2D eigenvalue weighted by Crippen LogP contribution is 2.31. The van der Waals surface area contributed by atoms with Crippen molar-refractivity contribution in [3.8, 4) is 0 Å². The molecule has 0 unspecified atom stereocenters. The summed E-state index contributed by atoms with van der Waals surface area (Å²) in [6.45, 7) is 3.93. The van der Waals surface area contributed by atoms with Crippen LogP contribution in [0.5, 0.6) is 0 Å². The van der Waals surface area contributed by atoms with Crippen molar-refractivity contribution in [2.75, 3.05) is 16.2 Å². The molecule has 0 aliphatic carbocycles. The van der Waals surface area contributed by atoms with Crippen molar-refractivity contribution >= 4 is 38.9 Å². The van der Waals surface area contributed by atoms with E-state index in [4.69, 9.17) is 11.6 Å². The van der Waals surface area contributed by atoms with E-state index >= 15 is 0 Å². The van der Waals surface area contributed by atoms with E-state index in [-0.39, 0.29) is 10.8 Å². The number of benzene rings is 2. The van der Waals surface area contributed by atoms with Gasteiger partial charge in [0.1, 0.15) is 0 Å². The number of sulfonamides is 1. The molecule has 1 N–H and O–H groups in total. The van der Waals surface area contributed by atoms with Crippen molar-refractivity contribution in [2.24, 2.45) is 0 Å². The van der Waals surface area contributed by atoms with Crippen LogP contribution in [0.3, 0.4) is 0 Å². The van der Waals surface area contributed by atoms with E-state index in [1.54, 1.807) is 35.2 Å². The van der Waals surface area contributed by atoms with Crippen LogP contribution in [0.4, 0.5) is 11.4 Å². The Hall–Kier alpha value is -2.05. The number of nitrogens with one attached hydrogen (secondary N) is 1. The first-order chi connectivity index (χ1) is 11.3. The van der Waals surface area contributed by atoms with Gasteiger partial charge in [0.2, 0.25) is 5.91 Å². The number of carbonyl (C=O) groups excluding carboxylic acids is 1. The zero-order valence-corrected chi connectivity index (χ0v) is 14.9. The molecule has 0 fully saturated rings. The van der Waals surface area contributed by atoms with Gasteiger partial charge in [-0.1, -0.05) is 17.7 Å². The van der Waals surface area contributed by atoms with Gasteiger partial charge in [-0.2, -0.15) is 0 Å². The summed E-state index contributed by atoms with van der Waals surface area (Å²) in [6.07, 6.45) is 0.647. The molecule has 0 bridgehead atoms. The number of fused-ring (bicyclic) bond motifs is 1. The van der Waals surface area contributed by atoms with Crippen LogP contribution in [-0.2, 0) is 21.2 Å². The third kappa shape index (κ3) is 3.12. The predicted octanol–water partition coefficient (Wildman–Crippen LogP) is 3.36. The second-order valence-electron chi connectivity index (χ2n) is 5.78. The molecule has 2 aromatic carbocycles. The number of hydrogen-bond acceptors (Lipinski definition) is 3. The minimum atomic E-state index is -3.71. The summed E-state index contributed by atoms with van der Waals surface area (Å²) >= 11 is 6.04. The maximum Gasteiger partial charge on any atom is 0.261 e. The quantitative estimate of drug-likeness (QED) is 0.908. The molecular weight excluding hydrogens is 348 g/mol. The van der Waals surface area contributed by atoms with Crippen molar-refractivity contribution < 1.29 is 13.2 Å². The van der Waals surface area contributed by atoms with Crippen LogP contribution in [0.15, 0.2) is 41.3 Å². The van der Waals surface area contributed by atoms with Crippen molar-refractivity contribution in [1.82, 2.24) is 0 Å². The molecule has 1 aliphatic heterocycles. The molecule has 1 amide bonds. The number of aryl methyl sites for hydroxylation is 1.